The summed E-state index contributed by atoms with van der Waals surface area (Å²) in [5.41, 5.74) is 0.541. The summed E-state index contributed by atoms with van der Waals surface area (Å²) < 4.78 is 0. The molecule has 2 aliphatic carbocycles. The minimum absolute atomic E-state index is 0.541. The van der Waals surface area contributed by atoms with Crippen LogP contribution in [0.4, 0.5) is 0 Å². The van der Waals surface area contributed by atoms with Crippen molar-refractivity contribution in [2.24, 2.45) is 11.3 Å². The molecule has 1 saturated heterocycles. The van der Waals surface area contributed by atoms with Gasteiger partial charge >= 0.3 is 0 Å². The minimum atomic E-state index is 0.541. The molecule has 2 saturated carbocycles. The molecule has 21 heavy (non-hydrogen) atoms. The number of likely N-dealkylation sites (N-methyl/N-ethyl adjacent to an activating group) is 1. The smallest absolute Gasteiger partial charge is 0.0257 e. The second-order valence-corrected chi connectivity index (χ2v) is 8.63. The van der Waals surface area contributed by atoms with Gasteiger partial charge in [0.15, 0.2) is 0 Å². The zero-order chi connectivity index (χ0) is 14.9. The van der Waals surface area contributed by atoms with Crippen LogP contribution in [0.1, 0.15) is 78.6 Å². The monoisotopic (exact) mass is 292 g/mol. The Kier molecular flexibility index (Phi) is 4.95. The van der Waals surface area contributed by atoms with Crippen molar-refractivity contribution in [3.8, 4) is 0 Å². The van der Waals surface area contributed by atoms with Gasteiger partial charge in [-0.3, -0.25) is 4.90 Å². The highest BCUT2D eigenvalue weighted by Crippen LogP contribution is 2.42. The fourth-order valence-electron chi connectivity index (χ4n) is 5.47. The normalized spacial score (nSPS) is 38.1. The highest BCUT2D eigenvalue weighted by molar-refractivity contribution is 4.99. The van der Waals surface area contributed by atoms with Gasteiger partial charge in [0, 0.05) is 18.1 Å². The van der Waals surface area contributed by atoms with Crippen molar-refractivity contribution in [2.75, 3.05) is 13.1 Å². The van der Waals surface area contributed by atoms with E-state index in [0.717, 1.165) is 30.6 Å². The summed E-state index contributed by atoms with van der Waals surface area (Å²) in [6.07, 6.45) is 13.1. The Labute approximate surface area is 132 Å². The summed E-state index contributed by atoms with van der Waals surface area (Å²) in [5, 5.41) is 3.82. The van der Waals surface area contributed by atoms with Gasteiger partial charge in [0.25, 0.3) is 0 Å². The molecule has 0 aromatic carbocycles. The predicted octanol–water partition coefficient (Wildman–Crippen LogP) is 4.20. The highest BCUT2D eigenvalue weighted by atomic mass is 15.2. The molecule has 0 spiro atoms. The van der Waals surface area contributed by atoms with Gasteiger partial charge < -0.3 is 5.32 Å². The molecule has 1 N–H and O–H groups in total. The zero-order valence-corrected chi connectivity index (χ0v) is 14.5. The highest BCUT2D eigenvalue weighted by Gasteiger charge is 2.43. The first kappa shape index (κ1) is 15.8. The molecular formula is C19H36N2. The van der Waals surface area contributed by atoms with E-state index in [1.54, 1.807) is 0 Å². The fourth-order valence-corrected chi connectivity index (χ4v) is 5.47. The van der Waals surface area contributed by atoms with E-state index in [9.17, 15) is 0 Å². The van der Waals surface area contributed by atoms with Crippen LogP contribution in [-0.2, 0) is 0 Å². The molecule has 3 rings (SSSR count). The van der Waals surface area contributed by atoms with Gasteiger partial charge in [-0.05, 0) is 69.4 Å². The van der Waals surface area contributed by atoms with E-state index in [4.69, 9.17) is 0 Å². The van der Waals surface area contributed by atoms with Crippen LogP contribution in [0.25, 0.3) is 0 Å². The Balaban J connectivity index is 1.73. The third-order valence-corrected chi connectivity index (χ3v) is 6.54. The maximum Gasteiger partial charge on any atom is 0.0257 e. The lowest BCUT2D eigenvalue weighted by atomic mass is 9.72. The first-order valence-electron chi connectivity index (χ1n) is 9.60. The van der Waals surface area contributed by atoms with Crippen molar-refractivity contribution in [3.05, 3.63) is 0 Å². The zero-order valence-electron chi connectivity index (χ0n) is 14.5. The molecule has 2 heteroatoms. The van der Waals surface area contributed by atoms with Crippen molar-refractivity contribution in [3.63, 3.8) is 0 Å². The molecule has 122 valence electrons. The van der Waals surface area contributed by atoms with E-state index in [0.29, 0.717) is 5.41 Å². The van der Waals surface area contributed by atoms with Crippen LogP contribution < -0.4 is 5.32 Å². The molecular weight excluding hydrogens is 256 g/mol. The van der Waals surface area contributed by atoms with Gasteiger partial charge in [0.2, 0.25) is 0 Å². The fraction of sp³-hybridized carbons (Fsp3) is 1.00. The SMILES string of the molecule is CCNC1CCC(C)(C)CC1N1CCCC1C1CCCC1. The van der Waals surface area contributed by atoms with Crippen molar-refractivity contribution >= 4 is 0 Å². The second-order valence-electron chi connectivity index (χ2n) is 8.63. The third kappa shape index (κ3) is 3.47. The molecule has 0 bridgehead atoms. The molecule has 3 aliphatic rings. The van der Waals surface area contributed by atoms with Crippen LogP contribution in [0, 0.1) is 11.3 Å². The molecule has 1 heterocycles. The Hall–Kier alpha value is -0.0800. The van der Waals surface area contributed by atoms with Gasteiger partial charge in [-0.2, -0.15) is 0 Å². The van der Waals surface area contributed by atoms with E-state index in [1.807, 2.05) is 0 Å². The maximum absolute atomic E-state index is 3.82. The Morgan fingerprint density at radius 2 is 1.76 bits per heavy atom. The molecule has 2 nitrogen and oxygen atoms in total. The maximum atomic E-state index is 3.82. The average Bonchev–Trinajstić information content (AvgIpc) is 3.09. The van der Waals surface area contributed by atoms with E-state index in [1.165, 1.54) is 64.3 Å². The summed E-state index contributed by atoms with van der Waals surface area (Å²) >= 11 is 0. The summed E-state index contributed by atoms with van der Waals surface area (Å²) in [5.74, 6) is 1.01. The lowest BCUT2D eigenvalue weighted by Crippen LogP contribution is -2.56. The molecule has 3 unspecified atom stereocenters. The van der Waals surface area contributed by atoms with E-state index >= 15 is 0 Å². The van der Waals surface area contributed by atoms with Crippen molar-refractivity contribution in [1.82, 2.24) is 10.2 Å². The number of hydrogen-bond acceptors (Lipinski definition) is 2. The van der Waals surface area contributed by atoms with Gasteiger partial charge in [-0.1, -0.05) is 33.6 Å². The Bertz CT molecular complexity index is 332. The molecule has 0 aromatic heterocycles. The van der Waals surface area contributed by atoms with Crippen LogP contribution in [0.2, 0.25) is 0 Å². The lowest BCUT2D eigenvalue weighted by Gasteiger charge is -2.48. The standard InChI is InChI=1S/C19H36N2/c1-4-20-16-11-12-19(2,3)14-18(16)21-13-7-10-17(21)15-8-5-6-9-15/h15-18,20H,4-14H2,1-3H3. The molecule has 0 amide bonds. The van der Waals surface area contributed by atoms with Crippen LogP contribution in [-0.4, -0.2) is 36.1 Å². The van der Waals surface area contributed by atoms with Crippen LogP contribution in [0.5, 0.6) is 0 Å². The van der Waals surface area contributed by atoms with Crippen LogP contribution in [0.3, 0.4) is 0 Å². The van der Waals surface area contributed by atoms with Gasteiger partial charge in [-0.25, -0.2) is 0 Å². The second kappa shape index (κ2) is 6.58. The van der Waals surface area contributed by atoms with Gasteiger partial charge in [0.1, 0.15) is 0 Å². The van der Waals surface area contributed by atoms with E-state index < -0.39 is 0 Å². The average molecular weight is 293 g/mol. The minimum Gasteiger partial charge on any atom is -0.313 e. The Morgan fingerprint density at radius 3 is 2.48 bits per heavy atom. The summed E-state index contributed by atoms with van der Waals surface area (Å²) in [7, 11) is 0. The number of nitrogens with zero attached hydrogens (tertiary/aromatic N) is 1. The first-order valence-corrected chi connectivity index (χ1v) is 9.60. The van der Waals surface area contributed by atoms with Crippen molar-refractivity contribution < 1.29 is 0 Å². The summed E-state index contributed by atoms with van der Waals surface area (Å²) in [6, 6.07) is 2.44. The summed E-state index contributed by atoms with van der Waals surface area (Å²) in [4.78, 5) is 2.96. The number of hydrogen-bond donors (Lipinski definition) is 1. The van der Waals surface area contributed by atoms with E-state index in [2.05, 4.69) is 31.0 Å². The van der Waals surface area contributed by atoms with E-state index in [-0.39, 0.29) is 0 Å². The predicted molar refractivity (Wildman–Crippen MR) is 90.6 cm³/mol. The first-order chi connectivity index (χ1) is 10.1. The lowest BCUT2D eigenvalue weighted by molar-refractivity contribution is 0.0408. The molecule has 0 radical (unpaired) electrons. The summed E-state index contributed by atoms with van der Waals surface area (Å²) in [6.45, 7) is 9.74. The Morgan fingerprint density at radius 1 is 1.00 bits per heavy atom. The van der Waals surface area contributed by atoms with Gasteiger partial charge in [-0.15, -0.1) is 0 Å². The van der Waals surface area contributed by atoms with Crippen LogP contribution in [0.15, 0.2) is 0 Å². The van der Waals surface area contributed by atoms with Gasteiger partial charge in [0.05, 0.1) is 0 Å². The van der Waals surface area contributed by atoms with Crippen LogP contribution >= 0.6 is 0 Å². The molecule has 3 atom stereocenters. The quantitative estimate of drug-likeness (QED) is 0.835. The topological polar surface area (TPSA) is 15.3 Å². The molecule has 0 aromatic rings. The van der Waals surface area contributed by atoms with Crippen molar-refractivity contribution in [2.45, 2.75) is 96.7 Å². The number of nitrogens with one attached hydrogen (secondary N) is 1. The molecule has 3 fully saturated rings. The largest absolute Gasteiger partial charge is 0.313 e. The third-order valence-electron chi connectivity index (χ3n) is 6.54. The number of rotatable bonds is 4. The van der Waals surface area contributed by atoms with Crippen molar-refractivity contribution in [1.29, 1.82) is 0 Å². The molecule has 1 aliphatic heterocycles. The number of likely N-dealkylation sites (tertiary alicyclic amines) is 1.